The average Bonchev–Trinajstić information content (AvgIpc) is 2.35. The molecular weight excluding hydrogens is 373 g/mol. The van der Waals surface area contributed by atoms with Gasteiger partial charge in [0.1, 0.15) is 5.82 Å². The van der Waals surface area contributed by atoms with Crippen molar-refractivity contribution < 1.29 is 4.39 Å². The van der Waals surface area contributed by atoms with Gasteiger partial charge in [-0.2, -0.15) is 0 Å². The van der Waals surface area contributed by atoms with Gasteiger partial charge in [-0.25, -0.2) is 4.39 Å². The van der Waals surface area contributed by atoms with Crippen LogP contribution < -0.4 is 5.73 Å². The number of nitrogens with two attached hydrogens (primary N) is 1. The summed E-state index contributed by atoms with van der Waals surface area (Å²) in [6.07, 6.45) is 0.483. The molecule has 0 spiro atoms. The van der Waals surface area contributed by atoms with E-state index in [0.29, 0.717) is 12.0 Å². The number of halogens is 3. The van der Waals surface area contributed by atoms with E-state index in [4.69, 9.17) is 5.73 Å². The zero-order valence-electron chi connectivity index (χ0n) is 10.5. The Morgan fingerprint density at radius 1 is 1.11 bits per heavy atom. The zero-order chi connectivity index (χ0) is 14.0. The molecule has 0 radical (unpaired) electrons. The first kappa shape index (κ1) is 14.7. The largest absolute Gasteiger partial charge is 0.324 e. The maximum Gasteiger partial charge on any atom is 0.127 e. The zero-order valence-corrected chi connectivity index (χ0v) is 13.6. The summed E-state index contributed by atoms with van der Waals surface area (Å²) >= 11 is 6.69. The molecule has 0 saturated carbocycles. The summed E-state index contributed by atoms with van der Waals surface area (Å²) in [4.78, 5) is 0. The van der Waals surface area contributed by atoms with Crippen LogP contribution in [0.1, 0.15) is 22.7 Å². The van der Waals surface area contributed by atoms with E-state index >= 15 is 0 Å². The molecule has 0 heterocycles. The van der Waals surface area contributed by atoms with E-state index in [2.05, 4.69) is 31.9 Å². The monoisotopic (exact) mass is 385 g/mol. The van der Waals surface area contributed by atoms with Crippen molar-refractivity contribution in [3.63, 3.8) is 0 Å². The number of benzene rings is 2. The van der Waals surface area contributed by atoms with Crippen LogP contribution in [0.25, 0.3) is 0 Å². The van der Waals surface area contributed by atoms with Gasteiger partial charge in [-0.05, 0) is 54.3 Å². The number of hydrogen-bond acceptors (Lipinski definition) is 1. The first-order valence-corrected chi connectivity index (χ1v) is 7.51. The molecule has 0 saturated heterocycles. The standard InChI is InChI=1S/C15H14Br2FN/c1-9-2-4-11(16)7-13(9)15(19)6-10-3-5-12(17)8-14(10)18/h2-5,7-8,15H,6,19H2,1H3. The fraction of sp³-hybridized carbons (Fsp3) is 0.200. The van der Waals surface area contributed by atoms with Crippen molar-refractivity contribution in [3.05, 3.63) is 67.9 Å². The molecule has 0 fully saturated rings. The quantitative estimate of drug-likeness (QED) is 0.797. The second-order valence-corrected chi connectivity index (χ2v) is 6.38. The van der Waals surface area contributed by atoms with Gasteiger partial charge in [-0.15, -0.1) is 0 Å². The van der Waals surface area contributed by atoms with Crippen LogP contribution in [-0.4, -0.2) is 0 Å². The van der Waals surface area contributed by atoms with Crippen molar-refractivity contribution in [1.82, 2.24) is 0 Å². The van der Waals surface area contributed by atoms with E-state index in [1.807, 2.05) is 31.2 Å². The van der Waals surface area contributed by atoms with E-state index in [-0.39, 0.29) is 11.9 Å². The van der Waals surface area contributed by atoms with Crippen LogP contribution in [0.5, 0.6) is 0 Å². The first-order chi connectivity index (χ1) is 8.97. The fourth-order valence-corrected chi connectivity index (χ4v) is 2.76. The summed E-state index contributed by atoms with van der Waals surface area (Å²) in [6, 6.07) is 10.8. The Bertz CT molecular complexity index is 599. The molecule has 2 rings (SSSR count). The summed E-state index contributed by atoms with van der Waals surface area (Å²) < 4.78 is 15.5. The Morgan fingerprint density at radius 2 is 1.74 bits per heavy atom. The van der Waals surface area contributed by atoms with Crippen molar-refractivity contribution in [1.29, 1.82) is 0 Å². The molecule has 19 heavy (non-hydrogen) atoms. The highest BCUT2D eigenvalue weighted by Crippen LogP contribution is 2.25. The van der Waals surface area contributed by atoms with Crippen molar-refractivity contribution >= 4 is 31.9 Å². The molecule has 0 amide bonds. The lowest BCUT2D eigenvalue weighted by molar-refractivity contribution is 0.592. The van der Waals surface area contributed by atoms with Gasteiger partial charge in [-0.1, -0.05) is 44.0 Å². The van der Waals surface area contributed by atoms with Gasteiger partial charge in [0.25, 0.3) is 0 Å². The Kier molecular flexibility index (Phi) is 4.76. The molecule has 1 atom stereocenters. The first-order valence-electron chi connectivity index (χ1n) is 5.93. The van der Waals surface area contributed by atoms with Crippen LogP contribution in [0.2, 0.25) is 0 Å². The maximum absolute atomic E-state index is 13.8. The van der Waals surface area contributed by atoms with Crippen molar-refractivity contribution in [2.45, 2.75) is 19.4 Å². The van der Waals surface area contributed by atoms with Gasteiger partial charge < -0.3 is 5.73 Å². The van der Waals surface area contributed by atoms with Gasteiger partial charge >= 0.3 is 0 Å². The SMILES string of the molecule is Cc1ccc(Br)cc1C(N)Cc1ccc(Br)cc1F. The third-order valence-corrected chi connectivity index (χ3v) is 4.08. The molecule has 0 aliphatic carbocycles. The number of rotatable bonds is 3. The van der Waals surface area contributed by atoms with Crippen LogP contribution in [0.15, 0.2) is 45.3 Å². The Morgan fingerprint density at radius 3 is 2.42 bits per heavy atom. The second kappa shape index (κ2) is 6.16. The second-order valence-electron chi connectivity index (χ2n) is 4.55. The molecule has 0 aliphatic rings. The van der Waals surface area contributed by atoms with Gasteiger partial charge in [-0.3, -0.25) is 0 Å². The van der Waals surface area contributed by atoms with Crippen LogP contribution in [0.3, 0.4) is 0 Å². The van der Waals surface area contributed by atoms with E-state index in [9.17, 15) is 4.39 Å². The molecule has 0 bridgehead atoms. The molecule has 1 nitrogen and oxygen atoms in total. The van der Waals surface area contributed by atoms with E-state index in [1.54, 1.807) is 6.07 Å². The molecule has 100 valence electrons. The lowest BCUT2D eigenvalue weighted by Gasteiger charge is -2.16. The predicted octanol–water partition coefficient (Wildman–Crippen LogP) is 4.90. The average molecular weight is 387 g/mol. The van der Waals surface area contributed by atoms with E-state index in [1.165, 1.54) is 6.07 Å². The molecule has 4 heteroatoms. The molecule has 0 aliphatic heterocycles. The minimum Gasteiger partial charge on any atom is -0.324 e. The van der Waals surface area contributed by atoms with Crippen LogP contribution in [0.4, 0.5) is 4.39 Å². The summed E-state index contributed by atoms with van der Waals surface area (Å²) in [6.45, 7) is 2.01. The highest BCUT2D eigenvalue weighted by atomic mass is 79.9. The highest BCUT2D eigenvalue weighted by molar-refractivity contribution is 9.10. The summed E-state index contributed by atoms with van der Waals surface area (Å²) in [7, 11) is 0. The normalized spacial score (nSPS) is 12.5. The van der Waals surface area contributed by atoms with Crippen molar-refractivity contribution in [2.24, 2.45) is 5.73 Å². The lowest BCUT2D eigenvalue weighted by atomic mass is 9.96. The van der Waals surface area contributed by atoms with Crippen LogP contribution >= 0.6 is 31.9 Å². The smallest absolute Gasteiger partial charge is 0.127 e. The van der Waals surface area contributed by atoms with Crippen LogP contribution in [0, 0.1) is 12.7 Å². The minimum atomic E-state index is -0.225. The van der Waals surface area contributed by atoms with Gasteiger partial charge in [0.05, 0.1) is 0 Å². The van der Waals surface area contributed by atoms with Crippen molar-refractivity contribution in [3.8, 4) is 0 Å². The summed E-state index contributed by atoms with van der Waals surface area (Å²) in [5, 5.41) is 0. The van der Waals surface area contributed by atoms with E-state index < -0.39 is 0 Å². The molecular formula is C15H14Br2FN. The summed E-state index contributed by atoms with van der Waals surface area (Å²) in [5.41, 5.74) is 9.00. The summed E-state index contributed by atoms with van der Waals surface area (Å²) in [5.74, 6) is -0.225. The van der Waals surface area contributed by atoms with Crippen molar-refractivity contribution in [2.75, 3.05) is 0 Å². The lowest BCUT2D eigenvalue weighted by Crippen LogP contribution is -2.15. The Hall–Kier alpha value is -0.710. The number of hydrogen-bond donors (Lipinski definition) is 1. The third kappa shape index (κ3) is 3.65. The Balaban J connectivity index is 2.25. The molecule has 2 N–H and O–H groups in total. The molecule has 0 aromatic heterocycles. The topological polar surface area (TPSA) is 26.0 Å². The molecule has 1 unspecified atom stereocenters. The fourth-order valence-electron chi connectivity index (χ4n) is 2.04. The molecule has 2 aromatic carbocycles. The number of aryl methyl sites for hydroxylation is 1. The maximum atomic E-state index is 13.8. The van der Waals surface area contributed by atoms with Gasteiger partial charge in [0.15, 0.2) is 0 Å². The van der Waals surface area contributed by atoms with Gasteiger partial charge in [0.2, 0.25) is 0 Å². The third-order valence-electron chi connectivity index (χ3n) is 3.10. The highest BCUT2D eigenvalue weighted by Gasteiger charge is 2.13. The van der Waals surface area contributed by atoms with Crippen LogP contribution in [-0.2, 0) is 6.42 Å². The molecule has 2 aromatic rings. The van der Waals surface area contributed by atoms with E-state index in [0.717, 1.165) is 20.1 Å². The van der Waals surface area contributed by atoms with Gasteiger partial charge in [0, 0.05) is 15.0 Å². The minimum absolute atomic E-state index is 0.215. The predicted molar refractivity (Wildman–Crippen MR) is 83.6 cm³/mol. The Labute approximate surface area is 129 Å².